The number of amides is 1. The maximum Gasteiger partial charge on any atom is 0.307 e. The number of hydrogen-bond donors (Lipinski definition) is 1. The third-order valence-corrected chi connectivity index (χ3v) is 2.69. The van der Waals surface area contributed by atoms with Gasteiger partial charge >= 0.3 is 5.97 Å². The number of rotatable bonds is 6. The Morgan fingerprint density at radius 1 is 1.35 bits per heavy atom. The number of aromatic amines is 1. The number of nitrogens with zero attached hydrogens (tertiary/aromatic N) is 1. The van der Waals surface area contributed by atoms with E-state index in [9.17, 15) is 14.4 Å². The van der Waals surface area contributed by atoms with Crippen molar-refractivity contribution >= 4 is 11.9 Å². The van der Waals surface area contributed by atoms with Crippen molar-refractivity contribution in [2.45, 2.75) is 20.3 Å². The fourth-order valence-corrected chi connectivity index (χ4v) is 1.79. The summed E-state index contributed by atoms with van der Waals surface area (Å²) in [6.07, 6.45) is 0.131. The van der Waals surface area contributed by atoms with Crippen LogP contribution in [0.25, 0.3) is 0 Å². The highest BCUT2D eigenvalue weighted by Gasteiger charge is 2.18. The van der Waals surface area contributed by atoms with Crippen LogP contribution in [0.15, 0.2) is 23.0 Å². The van der Waals surface area contributed by atoms with E-state index in [0.29, 0.717) is 6.54 Å². The smallest absolute Gasteiger partial charge is 0.307 e. The van der Waals surface area contributed by atoms with Gasteiger partial charge in [-0.1, -0.05) is 19.9 Å². The summed E-state index contributed by atoms with van der Waals surface area (Å²) in [6, 6.07) is 4.42. The Labute approximate surface area is 117 Å². The van der Waals surface area contributed by atoms with Crippen LogP contribution in [0.3, 0.4) is 0 Å². The molecule has 0 bridgehead atoms. The van der Waals surface area contributed by atoms with Crippen LogP contribution < -0.4 is 5.56 Å². The molecule has 0 radical (unpaired) electrons. The number of carbonyl (C=O) groups excluding carboxylic acids is 2. The second-order valence-corrected chi connectivity index (χ2v) is 4.90. The van der Waals surface area contributed by atoms with Gasteiger partial charge in [0, 0.05) is 19.2 Å². The van der Waals surface area contributed by atoms with Crippen molar-refractivity contribution in [1.29, 1.82) is 0 Å². The Bertz CT molecular complexity index is 522. The predicted octanol–water partition coefficient (Wildman–Crippen LogP) is 1.04. The molecule has 0 saturated carbocycles. The lowest BCUT2D eigenvalue weighted by atomic mass is 10.2. The van der Waals surface area contributed by atoms with E-state index in [1.807, 2.05) is 13.8 Å². The highest BCUT2D eigenvalue weighted by Crippen LogP contribution is 2.06. The maximum absolute atomic E-state index is 12.3. The van der Waals surface area contributed by atoms with E-state index >= 15 is 0 Å². The van der Waals surface area contributed by atoms with Crippen molar-refractivity contribution in [3.05, 3.63) is 34.2 Å². The lowest BCUT2D eigenvalue weighted by Crippen LogP contribution is -2.37. The second kappa shape index (κ2) is 7.47. The Kier molecular flexibility index (Phi) is 5.96. The van der Waals surface area contributed by atoms with Crippen molar-refractivity contribution in [3.8, 4) is 0 Å². The van der Waals surface area contributed by atoms with Crippen LogP contribution >= 0.6 is 0 Å². The molecule has 1 N–H and O–H groups in total. The van der Waals surface area contributed by atoms with Gasteiger partial charge in [-0.05, 0) is 12.0 Å². The molecule has 6 heteroatoms. The summed E-state index contributed by atoms with van der Waals surface area (Å²) in [7, 11) is 1.31. The first-order valence-corrected chi connectivity index (χ1v) is 6.49. The molecule has 0 spiro atoms. The van der Waals surface area contributed by atoms with E-state index in [0.717, 1.165) is 0 Å². The lowest BCUT2D eigenvalue weighted by molar-refractivity contribution is -0.140. The predicted molar refractivity (Wildman–Crippen MR) is 74.4 cm³/mol. The minimum Gasteiger partial charge on any atom is -0.469 e. The molecule has 1 aromatic heterocycles. The van der Waals surface area contributed by atoms with E-state index in [4.69, 9.17) is 0 Å². The number of pyridine rings is 1. The third-order valence-electron chi connectivity index (χ3n) is 2.69. The summed E-state index contributed by atoms with van der Waals surface area (Å²) < 4.78 is 4.58. The fraction of sp³-hybridized carbons (Fsp3) is 0.500. The van der Waals surface area contributed by atoms with E-state index in [-0.39, 0.29) is 42.0 Å². The van der Waals surface area contributed by atoms with Gasteiger partial charge in [0.15, 0.2) is 0 Å². The zero-order valence-corrected chi connectivity index (χ0v) is 12.0. The number of H-pyrrole nitrogens is 1. The first kappa shape index (κ1) is 15.9. The average molecular weight is 280 g/mol. The molecule has 0 atom stereocenters. The molecule has 1 amide bonds. The van der Waals surface area contributed by atoms with Gasteiger partial charge in [0.05, 0.1) is 13.5 Å². The standard InChI is InChI=1S/C14H20N2O4/c1-10(2)9-16(8-7-13(18)20-3)14(19)11-5-4-6-12(17)15-11/h4-6,10H,7-9H2,1-3H3,(H,15,17). The Morgan fingerprint density at radius 3 is 2.60 bits per heavy atom. The van der Waals surface area contributed by atoms with Crippen LogP contribution in [-0.4, -0.2) is 42.0 Å². The van der Waals surface area contributed by atoms with Crippen molar-refractivity contribution < 1.29 is 14.3 Å². The van der Waals surface area contributed by atoms with E-state index < -0.39 is 0 Å². The summed E-state index contributed by atoms with van der Waals surface area (Å²) in [5.74, 6) is -0.402. The van der Waals surface area contributed by atoms with Crippen molar-refractivity contribution in [2.75, 3.05) is 20.2 Å². The fourth-order valence-electron chi connectivity index (χ4n) is 1.79. The van der Waals surface area contributed by atoms with Gasteiger partial charge in [-0.15, -0.1) is 0 Å². The quantitative estimate of drug-likeness (QED) is 0.789. The zero-order valence-electron chi connectivity index (χ0n) is 12.0. The first-order valence-electron chi connectivity index (χ1n) is 6.49. The number of carbonyl (C=O) groups is 2. The van der Waals surface area contributed by atoms with Gasteiger partial charge in [0.1, 0.15) is 5.69 Å². The number of hydrogen-bond acceptors (Lipinski definition) is 4. The molecule has 20 heavy (non-hydrogen) atoms. The van der Waals surface area contributed by atoms with Crippen LogP contribution in [0.4, 0.5) is 0 Å². The Morgan fingerprint density at radius 2 is 2.05 bits per heavy atom. The molecule has 110 valence electrons. The average Bonchev–Trinajstić information content (AvgIpc) is 2.41. The molecule has 1 heterocycles. The van der Waals surface area contributed by atoms with Gasteiger partial charge in [0.2, 0.25) is 5.56 Å². The van der Waals surface area contributed by atoms with Gasteiger partial charge in [-0.25, -0.2) is 0 Å². The monoisotopic (exact) mass is 280 g/mol. The van der Waals surface area contributed by atoms with Crippen LogP contribution in [0.2, 0.25) is 0 Å². The van der Waals surface area contributed by atoms with Gasteiger partial charge in [-0.2, -0.15) is 0 Å². The second-order valence-electron chi connectivity index (χ2n) is 4.90. The SMILES string of the molecule is COC(=O)CCN(CC(C)C)C(=O)c1cccc(=O)[nH]1. The molecular weight excluding hydrogens is 260 g/mol. The summed E-state index contributed by atoms with van der Waals surface area (Å²) >= 11 is 0. The molecule has 0 fully saturated rings. The van der Waals surface area contributed by atoms with E-state index in [1.54, 1.807) is 11.0 Å². The molecule has 1 aromatic rings. The summed E-state index contributed by atoms with van der Waals surface area (Å²) in [4.78, 5) is 38.8. The molecule has 0 aliphatic heterocycles. The third kappa shape index (κ3) is 4.87. The lowest BCUT2D eigenvalue weighted by Gasteiger charge is -2.24. The van der Waals surface area contributed by atoms with Gasteiger partial charge in [-0.3, -0.25) is 14.4 Å². The first-order chi connectivity index (χ1) is 9.43. The molecule has 0 aliphatic rings. The minimum atomic E-state index is -0.367. The molecule has 0 aliphatic carbocycles. The number of nitrogens with one attached hydrogen (secondary N) is 1. The van der Waals surface area contributed by atoms with E-state index in [1.165, 1.54) is 19.2 Å². The normalized spacial score (nSPS) is 10.4. The zero-order chi connectivity index (χ0) is 15.1. The van der Waals surface area contributed by atoms with Gasteiger partial charge in [0.25, 0.3) is 5.91 Å². The molecule has 0 saturated heterocycles. The molecule has 0 unspecified atom stereocenters. The number of ether oxygens (including phenoxy) is 1. The minimum absolute atomic E-state index is 0.131. The van der Waals surface area contributed by atoms with Crippen LogP contribution in [0.1, 0.15) is 30.8 Å². The number of esters is 1. The van der Waals surface area contributed by atoms with Gasteiger partial charge < -0.3 is 14.6 Å². The van der Waals surface area contributed by atoms with Crippen LogP contribution in [0.5, 0.6) is 0 Å². The summed E-state index contributed by atoms with van der Waals surface area (Å²) in [5.41, 5.74) is -0.101. The topological polar surface area (TPSA) is 79.5 Å². The Balaban J connectivity index is 2.83. The number of methoxy groups -OCH3 is 1. The summed E-state index contributed by atoms with van der Waals surface area (Å²) in [6.45, 7) is 4.73. The highest BCUT2D eigenvalue weighted by atomic mass is 16.5. The Hall–Kier alpha value is -2.11. The number of aromatic nitrogens is 1. The maximum atomic E-state index is 12.3. The van der Waals surface area contributed by atoms with Crippen molar-refractivity contribution in [2.24, 2.45) is 5.92 Å². The molecular formula is C14H20N2O4. The van der Waals surface area contributed by atoms with Crippen molar-refractivity contribution in [3.63, 3.8) is 0 Å². The summed E-state index contributed by atoms with van der Waals surface area (Å²) in [5, 5.41) is 0. The highest BCUT2D eigenvalue weighted by molar-refractivity contribution is 5.92. The largest absolute Gasteiger partial charge is 0.469 e. The molecule has 0 aromatic carbocycles. The van der Waals surface area contributed by atoms with Crippen molar-refractivity contribution in [1.82, 2.24) is 9.88 Å². The molecule has 1 rings (SSSR count). The molecule has 6 nitrogen and oxygen atoms in total. The van der Waals surface area contributed by atoms with Crippen LogP contribution in [0, 0.1) is 5.92 Å². The van der Waals surface area contributed by atoms with Crippen LogP contribution in [-0.2, 0) is 9.53 Å². The van der Waals surface area contributed by atoms with E-state index in [2.05, 4.69) is 9.72 Å².